The van der Waals surface area contributed by atoms with E-state index >= 15 is 0 Å². The molecular weight excluding hydrogens is 276 g/mol. The highest BCUT2D eigenvalue weighted by Crippen LogP contribution is 2.28. The first-order chi connectivity index (χ1) is 9.42. The minimum atomic E-state index is -3.83. The van der Waals surface area contributed by atoms with E-state index in [1.807, 2.05) is 31.1 Å². The molecule has 0 bridgehead atoms. The number of aromatic hydroxyl groups is 1. The highest BCUT2D eigenvalue weighted by Gasteiger charge is 2.19. The molecule has 0 aliphatic rings. The lowest BCUT2D eigenvalue weighted by Gasteiger charge is -2.18. The summed E-state index contributed by atoms with van der Waals surface area (Å²) >= 11 is 0. The van der Waals surface area contributed by atoms with Crippen LogP contribution in [0.3, 0.4) is 0 Å². The summed E-state index contributed by atoms with van der Waals surface area (Å²) < 4.78 is 27.1. The van der Waals surface area contributed by atoms with Gasteiger partial charge in [-0.3, -0.25) is 4.72 Å². The van der Waals surface area contributed by atoms with Crippen molar-refractivity contribution in [1.29, 1.82) is 0 Å². The number of phenols is 1. The predicted molar refractivity (Wildman–Crippen MR) is 79.7 cm³/mol. The molecule has 106 valence electrons. The van der Waals surface area contributed by atoms with E-state index in [0.29, 0.717) is 5.69 Å². The highest BCUT2D eigenvalue weighted by molar-refractivity contribution is 7.92. The minimum absolute atomic E-state index is 0.145. The van der Waals surface area contributed by atoms with Crippen LogP contribution in [0.4, 0.5) is 11.4 Å². The molecule has 0 saturated heterocycles. The van der Waals surface area contributed by atoms with Gasteiger partial charge in [-0.25, -0.2) is 8.42 Å². The second-order valence-electron chi connectivity index (χ2n) is 4.48. The standard InChI is InChI=1S/C14H16N2O3S/c1-16(2)12-8-4-3-7-11(12)15-20(18,19)14-10-6-5-9-13(14)17/h3-10,15,17H,1-2H3. The number of nitrogens with one attached hydrogen (secondary N) is 1. The molecule has 0 radical (unpaired) electrons. The molecule has 2 aromatic carbocycles. The molecule has 0 amide bonds. The second-order valence-corrected chi connectivity index (χ2v) is 6.14. The van der Waals surface area contributed by atoms with Gasteiger partial charge < -0.3 is 10.0 Å². The summed E-state index contributed by atoms with van der Waals surface area (Å²) in [6, 6.07) is 12.9. The average molecular weight is 292 g/mol. The van der Waals surface area contributed by atoms with Crippen molar-refractivity contribution in [3.8, 4) is 5.75 Å². The van der Waals surface area contributed by atoms with Crippen molar-refractivity contribution in [1.82, 2.24) is 0 Å². The second kappa shape index (κ2) is 5.42. The van der Waals surface area contributed by atoms with Gasteiger partial charge in [0.2, 0.25) is 0 Å². The fourth-order valence-electron chi connectivity index (χ4n) is 1.83. The van der Waals surface area contributed by atoms with Crippen LogP contribution in [0.15, 0.2) is 53.4 Å². The average Bonchev–Trinajstić information content (AvgIpc) is 2.39. The van der Waals surface area contributed by atoms with Crippen LogP contribution in [0.2, 0.25) is 0 Å². The lowest BCUT2D eigenvalue weighted by molar-refractivity contribution is 0.459. The first-order valence-corrected chi connectivity index (χ1v) is 7.47. The number of sulfonamides is 1. The number of hydrogen-bond donors (Lipinski definition) is 2. The Balaban J connectivity index is 2.42. The number of anilines is 2. The monoisotopic (exact) mass is 292 g/mol. The lowest BCUT2D eigenvalue weighted by atomic mass is 10.2. The van der Waals surface area contributed by atoms with Crippen molar-refractivity contribution in [2.24, 2.45) is 0 Å². The quantitative estimate of drug-likeness (QED) is 0.907. The number of para-hydroxylation sites is 3. The van der Waals surface area contributed by atoms with Crippen molar-refractivity contribution in [2.45, 2.75) is 4.90 Å². The predicted octanol–water partition coefficient (Wildman–Crippen LogP) is 2.26. The normalized spacial score (nSPS) is 11.1. The van der Waals surface area contributed by atoms with Crippen molar-refractivity contribution in [3.05, 3.63) is 48.5 Å². The third kappa shape index (κ3) is 2.85. The van der Waals surface area contributed by atoms with E-state index in [1.165, 1.54) is 12.1 Å². The first-order valence-electron chi connectivity index (χ1n) is 5.99. The van der Waals surface area contributed by atoms with Crippen molar-refractivity contribution in [3.63, 3.8) is 0 Å². The van der Waals surface area contributed by atoms with Crippen molar-refractivity contribution in [2.75, 3.05) is 23.7 Å². The summed E-state index contributed by atoms with van der Waals surface area (Å²) in [5.74, 6) is -0.276. The number of phenolic OH excluding ortho intramolecular Hbond substituents is 1. The van der Waals surface area contributed by atoms with Crippen LogP contribution < -0.4 is 9.62 Å². The Bertz CT molecular complexity index is 712. The van der Waals surface area contributed by atoms with Gasteiger partial charge in [0.05, 0.1) is 11.4 Å². The van der Waals surface area contributed by atoms with Crippen LogP contribution in [0.5, 0.6) is 5.75 Å². The number of hydrogen-bond acceptors (Lipinski definition) is 4. The van der Waals surface area contributed by atoms with Gasteiger partial charge in [-0.1, -0.05) is 24.3 Å². The molecular formula is C14H16N2O3S. The van der Waals surface area contributed by atoms with Gasteiger partial charge in [-0.2, -0.15) is 0 Å². The smallest absolute Gasteiger partial charge is 0.265 e. The number of benzene rings is 2. The summed E-state index contributed by atoms with van der Waals surface area (Å²) in [6.07, 6.45) is 0. The van der Waals surface area contributed by atoms with Crippen LogP contribution in [0, 0.1) is 0 Å². The van der Waals surface area contributed by atoms with Gasteiger partial charge in [-0.15, -0.1) is 0 Å². The molecule has 2 N–H and O–H groups in total. The van der Waals surface area contributed by atoms with Crippen LogP contribution >= 0.6 is 0 Å². The molecule has 5 nitrogen and oxygen atoms in total. The Labute approximate surface area is 118 Å². The number of rotatable bonds is 4. The van der Waals surface area contributed by atoms with E-state index in [2.05, 4.69) is 4.72 Å². The maximum atomic E-state index is 12.3. The summed E-state index contributed by atoms with van der Waals surface area (Å²) in [6.45, 7) is 0. The Morgan fingerprint density at radius 2 is 1.60 bits per heavy atom. The summed E-state index contributed by atoms with van der Waals surface area (Å²) in [4.78, 5) is 1.66. The van der Waals surface area contributed by atoms with Gasteiger partial charge >= 0.3 is 0 Å². The zero-order chi connectivity index (χ0) is 14.8. The summed E-state index contributed by atoms with van der Waals surface area (Å²) in [5, 5.41) is 9.67. The molecule has 0 aromatic heterocycles. The Morgan fingerprint density at radius 3 is 2.25 bits per heavy atom. The molecule has 0 aliphatic heterocycles. The van der Waals surface area contributed by atoms with Crippen LogP contribution in [-0.2, 0) is 10.0 Å². The fraction of sp³-hybridized carbons (Fsp3) is 0.143. The van der Waals surface area contributed by atoms with Crippen molar-refractivity contribution >= 4 is 21.4 Å². The molecule has 0 unspecified atom stereocenters. The van der Waals surface area contributed by atoms with Gasteiger partial charge in [0.15, 0.2) is 0 Å². The third-order valence-electron chi connectivity index (χ3n) is 2.78. The number of nitrogens with zero attached hydrogens (tertiary/aromatic N) is 1. The molecule has 0 fully saturated rings. The SMILES string of the molecule is CN(C)c1ccccc1NS(=O)(=O)c1ccccc1O. The van der Waals surface area contributed by atoms with Gasteiger partial charge in [-0.05, 0) is 24.3 Å². The molecule has 20 heavy (non-hydrogen) atoms. The largest absolute Gasteiger partial charge is 0.507 e. The molecule has 2 aromatic rings. The first kappa shape index (κ1) is 14.2. The van der Waals surface area contributed by atoms with E-state index in [0.717, 1.165) is 5.69 Å². The Morgan fingerprint density at radius 1 is 1.00 bits per heavy atom. The maximum Gasteiger partial charge on any atom is 0.265 e. The molecule has 0 spiro atoms. The van der Waals surface area contributed by atoms with E-state index in [9.17, 15) is 13.5 Å². The molecule has 6 heteroatoms. The molecule has 0 saturated carbocycles. The van der Waals surface area contributed by atoms with E-state index in [4.69, 9.17) is 0 Å². The zero-order valence-corrected chi connectivity index (χ0v) is 12.1. The van der Waals surface area contributed by atoms with E-state index in [1.54, 1.807) is 24.3 Å². The molecule has 0 atom stereocenters. The van der Waals surface area contributed by atoms with E-state index in [-0.39, 0.29) is 10.6 Å². The fourth-order valence-corrected chi connectivity index (χ4v) is 3.01. The third-order valence-corrected chi connectivity index (χ3v) is 4.20. The molecule has 0 aliphatic carbocycles. The summed E-state index contributed by atoms with van der Waals surface area (Å²) in [7, 11) is -0.174. The minimum Gasteiger partial charge on any atom is -0.507 e. The Hall–Kier alpha value is -2.21. The van der Waals surface area contributed by atoms with Crippen molar-refractivity contribution < 1.29 is 13.5 Å². The van der Waals surface area contributed by atoms with Gasteiger partial charge in [0.25, 0.3) is 10.0 Å². The maximum absolute atomic E-state index is 12.3. The van der Waals surface area contributed by atoms with Crippen LogP contribution in [-0.4, -0.2) is 27.6 Å². The van der Waals surface area contributed by atoms with Crippen LogP contribution in [0.25, 0.3) is 0 Å². The topological polar surface area (TPSA) is 69.6 Å². The van der Waals surface area contributed by atoms with Gasteiger partial charge in [0, 0.05) is 14.1 Å². The van der Waals surface area contributed by atoms with Gasteiger partial charge in [0.1, 0.15) is 10.6 Å². The molecule has 0 heterocycles. The highest BCUT2D eigenvalue weighted by atomic mass is 32.2. The molecule has 2 rings (SSSR count). The Kier molecular flexibility index (Phi) is 3.85. The van der Waals surface area contributed by atoms with Crippen LogP contribution in [0.1, 0.15) is 0 Å². The van der Waals surface area contributed by atoms with E-state index < -0.39 is 10.0 Å². The summed E-state index contributed by atoms with van der Waals surface area (Å²) in [5.41, 5.74) is 1.20. The lowest BCUT2D eigenvalue weighted by Crippen LogP contribution is -2.17. The zero-order valence-electron chi connectivity index (χ0n) is 11.2.